The van der Waals surface area contributed by atoms with Gasteiger partial charge in [-0.25, -0.2) is 4.98 Å². The molecule has 1 aliphatic rings. The number of nitrogens with zero attached hydrogens (tertiary/aromatic N) is 1. The number of benzene rings is 1. The summed E-state index contributed by atoms with van der Waals surface area (Å²) in [6.45, 7) is 1.99. The zero-order chi connectivity index (χ0) is 15.4. The van der Waals surface area contributed by atoms with Crippen molar-refractivity contribution in [1.82, 2.24) is 4.98 Å². The smallest absolute Gasteiger partial charge is 0.257 e. The third-order valence-electron chi connectivity index (χ3n) is 3.45. The summed E-state index contributed by atoms with van der Waals surface area (Å²) < 4.78 is 5.78. The van der Waals surface area contributed by atoms with Gasteiger partial charge in [-0.3, -0.25) is 4.79 Å². The molecule has 1 saturated heterocycles. The molecule has 1 aromatic carbocycles. The molecule has 2 heterocycles. The minimum absolute atomic E-state index is 0.166. The fourth-order valence-electron chi connectivity index (χ4n) is 2.29. The first-order valence-corrected chi connectivity index (χ1v) is 8.45. The molecule has 1 fully saturated rings. The molecule has 0 radical (unpaired) electrons. The highest BCUT2D eigenvalue weighted by molar-refractivity contribution is 7.99. The summed E-state index contributed by atoms with van der Waals surface area (Å²) >= 11 is 1.89. The van der Waals surface area contributed by atoms with Crippen LogP contribution in [0.1, 0.15) is 22.3 Å². The van der Waals surface area contributed by atoms with Gasteiger partial charge in [0.25, 0.3) is 5.91 Å². The number of rotatable bonds is 4. The van der Waals surface area contributed by atoms with E-state index in [1.165, 1.54) is 0 Å². The zero-order valence-electron chi connectivity index (χ0n) is 12.4. The maximum atomic E-state index is 12.2. The van der Waals surface area contributed by atoms with Crippen LogP contribution in [0.5, 0.6) is 5.88 Å². The van der Waals surface area contributed by atoms with Gasteiger partial charge in [-0.1, -0.05) is 12.1 Å². The summed E-state index contributed by atoms with van der Waals surface area (Å²) in [6, 6.07) is 11.2. The van der Waals surface area contributed by atoms with Gasteiger partial charge in [0.05, 0.1) is 5.56 Å². The molecular weight excluding hydrogens is 296 g/mol. The highest BCUT2D eigenvalue weighted by atomic mass is 32.2. The predicted molar refractivity (Wildman–Crippen MR) is 89.7 cm³/mol. The average Bonchev–Trinajstić information content (AvgIpc) is 3.01. The van der Waals surface area contributed by atoms with Crippen LogP contribution in [-0.4, -0.2) is 28.5 Å². The van der Waals surface area contributed by atoms with Gasteiger partial charge in [0.1, 0.15) is 6.10 Å². The summed E-state index contributed by atoms with van der Waals surface area (Å²) in [7, 11) is 0. The van der Waals surface area contributed by atoms with E-state index in [1.807, 2.05) is 43.0 Å². The molecular formula is C17H18N2O2S. The molecule has 1 amide bonds. The second kappa shape index (κ2) is 6.83. The summed E-state index contributed by atoms with van der Waals surface area (Å²) in [4.78, 5) is 16.4. The zero-order valence-corrected chi connectivity index (χ0v) is 13.2. The molecule has 3 rings (SSSR count). The number of hydrogen-bond acceptors (Lipinski definition) is 4. The van der Waals surface area contributed by atoms with Crippen LogP contribution in [-0.2, 0) is 0 Å². The van der Waals surface area contributed by atoms with Crippen LogP contribution >= 0.6 is 11.8 Å². The Morgan fingerprint density at radius 3 is 2.95 bits per heavy atom. The van der Waals surface area contributed by atoms with E-state index in [9.17, 15) is 4.79 Å². The lowest BCUT2D eigenvalue weighted by Gasteiger charge is -2.11. The Morgan fingerprint density at radius 2 is 2.27 bits per heavy atom. The summed E-state index contributed by atoms with van der Waals surface area (Å²) in [6.07, 6.45) is 2.86. The lowest BCUT2D eigenvalue weighted by Crippen LogP contribution is -2.16. The fourth-order valence-corrected chi connectivity index (χ4v) is 3.38. The Kier molecular flexibility index (Phi) is 4.63. The van der Waals surface area contributed by atoms with Crippen LogP contribution < -0.4 is 10.1 Å². The van der Waals surface area contributed by atoms with Gasteiger partial charge in [0.15, 0.2) is 0 Å². The lowest BCUT2D eigenvalue weighted by molar-refractivity contribution is 0.102. The average molecular weight is 314 g/mol. The van der Waals surface area contributed by atoms with Crippen molar-refractivity contribution in [3.63, 3.8) is 0 Å². The molecule has 4 nitrogen and oxygen atoms in total. The number of thioether (sulfide) groups is 1. The van der Waals surface area contributed by atoms with E-state index in [-0.39, 0.29) is 12.0 Å². The van der Waals surface area contributed by atoms with Crippen LogP contribution in [0.4, 0.5) is 5.69 Å². The second-order valence-corrected chi connectivity index (χ2v) is 6.46. The van der Waals surface area contributed by atoms with E-state index >= 15 is 0 Å². The maximum Gasteiger partial charge on any atom is 0.257 e. The molecule has 1 atom stereocenters. The van der Waals surface area contributed by atoms with Gasteiger partial charge in [0.2, 0.25) is 5.88 Å². The molecule has 0 aliphatic carbocycles. The maximum absolute atomic E-state index is 12.2. The third-order valence-corrected chi connectivity index (χ3v) is 4.58. The van der Waals surface area contributed by atoms with Gasteiger partial charge in [-0.05, 0) is 42.9 Å². The number of pyridine rings is 1. The topological polar surface area (TPSA) is 51.2 Å². The van der Waals surface area contributed by atoms with Crippen LogP contribution in [0.15, 0.2) is 42.6 Å². The highest BCUT2D eigenvalue weighted by Crippen LogP contribution is 2.22. The number of ether oxygens (including phenoxy) is 1. The molecule has 22 heavy (non-hydrogen) atoms. The number of aryl methyl sites for hydroxylation is 1. The van der Waals surface area contributed by atoms with Gasteiger partial charge in [-0.2, -0.15) is 11.8 Å². The van der Waals surface area contributed by atoms with Crippen LogP contribution in [0, 0.1) is 6.92 Å². The van der Waals surface area contributed by atoms with E-state index in [0.29, 0.717) is 11.4 Å². The molecule has 1 N–H and O–H groups in total. The van der Waals surface area contributed by atoms with E-state index in [4.69, 9.17) is 4.74 Å². The Morgan fingerprint density at radius 1 is 1.36 bits per heavy atom. The quantitative estimate of drug-likeness (QED) is 0.938. The number of carbonyl (C=O) groups excluding carboxylic acids is 1. The number of amides is 1. The Hall–Kier alpha value is -2.01. The molecule has 2 aromatic rings. The standard InChI is InChI=1S/C17H18N2O2S/c1-12-3-2-4-14(9-12)19-17(20)13-5-6-16(18-10-13)21-15-7-8-22-11-15/h2-6,9-10,15H,7-8,11H2,1H3,(H,19,20). The van der Waals surface area contributed by atoms with Crippen molar-refractivity contribution >= 4 is 23.4 Å². The van der Waals surface area contributed by atoms with Crippen molar-refractivity contribution in [3.05, 3.63) is 53.7 Å². The number of nitrogens with one attached hydrogen (secondary N) is 1. The molecule has 0 bridgehead atoms. The van der Waals surface area contributed by atoms with E-state index in [0.717, 1.165) is 29.2 Å². The summed E-state index contributed by atoms with van der Waals surface area (Å²) in [5.41, 5.74) is 2.41. The molecule has 1 aromatic heterocycles. The Balaban J connectivity index is 1.63. The third kappa shape index (κ3) is 3.80. The molecule has 1 aliphatic heterocycles. The number of carbonyl (C=O) groups is 1. The minimum Gasteiger partial charge on any atom is -0.473 e. The monoisotopic (exact) mass is 314 g/mol. The highest BCUT2D eigenvalue weighted by Gasteiger charge is 2.17. The summed E-state index contributed by atoms with van der Waals surface area (Å²) in [5, 5.41) is 2.87. The van der Waals surface area contributed by atoms with Gasteiger partial charge >= 0.3 is 0 Å². The minimum atomic E-state index is -0.166. The van der Waals surface area contributed by atoms with Gasteiger partial charge in [-0.15, -0.1) is 0 Å². The first kappa shape index (κ1) is 14.9. The predicted octanol–water partition coefficient (Wildman–Crippen LogP) is 3.53. The normalized spacial score (nSPS) is 17.2. The number of aromatic nitrogens is 1. The first-order chi connectivity index (χ1) is 10.7. The van der Waals surface area contributed by atoms with Crippen LogP contribution in [0.3, 0.4) is 0 Å². The molecule has 1 unspecified atom stereocenters. The van der Waals surface area contributed by atoms with Gasteiger partial charge < -0.3 is 10.1 Å². The largest absolute Gasteiger partial charge is 0.473 e. The Labute approximate surface area is 134 Å². The van der Waals surface area contributed by atoms with Crippen molar-refractivity contribution in [3.8, 4) is 5.88 Å². The molecule has 0 spiro atoms. The fraction of sp³-hybridized carbons (Fsp3) is 0.294. The van der Waals surface area contributed by atoms with Crippen molar-refractivity contribution in [2.45, 2.75) is 19.4 Å². The second-order valence-electron chi connectivity index (χ2n) is 5.31. The van der Waals surface area contributed by atoms with E-state index in [1.54, 1.807) is 18.3 Å². The van der Waals surface area contributed by atoms with E-state index < -0.39 is 0 Å². The van der Waals surface area contributed by atoms with Crippen LogP contribution in [0.2, 0.25) is 0 Å². The van der Waals surface area contributed by atoms with Crippen molar-refractivity contribution in [1.29, 1.82) is 0 Å². The van der Waals surface area contributed by atoms with E-state index in [2.05, 4.69) is 10.3 Å². The Bertz CT molecular complexity index is 652. The molecule has 5 heteroatoms. The SMILES string of the molecule is Cc1cccc(NC(=O)c2ccc(OC3CCSC3)nc2)c1. The van der Waals surface area contributed by atoms with Gasteiger partial charge in [0, 0.05) is 23.7 Å². The molecule has 0 saturated carbocycles. The first-order valence-electron chi connectivity index (χ1n) is 7.29. The molecule has 114 valence electrons. The summed E-state index contributed by atoms with van der Waals surface area (Å²) in [5.74, 6) is 2.57. The van der Waals surface area contributed by atoms with Crippen molar-refractivity contribution < 1.29 is 9.53 Å². The lowest BCUT2D eigenvalue weighted by atomic mass is 10.2. The number of hydrogen-bond donors (Lipinski definition) is 1. The number of anilines is 1. The van der Waals surface area contributed by atoms with Crippen LogP contribution in [0.25, 0.3) is 0 Å². The van der Waals surface area contributed by atoms with Crippen molar-refractivity contribution in [2.75, 3.05) is 16.8 Å². The van der Waals surface area contributed by atoms with Crippen molar-refractivity contribution in [2.24, 2.45) is 0 Å².